The van der Waals surface area contributed by atoms with Crippen molar-refractivity contribution in [3.05, 3.63) is 59.9 Å². The van der Waals surface area contributed by atoms with Crippen LogP contribution in [-0.4, -0.2) is 46.2 Å². The standard InChI is InChI=1S/C23H25N7O.C2H6/c1-2-15(13-24)16-3-4-18-14-27-23(28-20(18)11-16)29-22(31)17-5-8-26-21(12-17)30-9-6-19(25)7-10-30;1-2/h2-5,8,11-14,19,24H,6-7,9-10,25H2,1H3,(H,27,28,29,31);1-2H3/b15-2+,24-13?;. The van der Waals surface area contributed by atoms with Gasteiger partial charge in [-0.2, -0.15) is 0 Å². The average Bonchev–Trinajstić information content (AvgIpc) is 2.86. The van der Waals surface area contributed by atoms with Gasteiger partial charge < -0.3 is 16.0 Å². The van der Waals surface area contributed by atoms with Crippen molar-refractivity contribution in [2.75, 3.05) is 23.3 Å². The highest BCUT2D eigenvalue weighted by atomic mass is 16.1. The molecule has 2 aromatic heterocycles. The highest BCUT2D eigenvalue weighted by molar-refractivity contribution is 6.09. The Kier molecular flexibility index (Phi) is 8.21. The molecule has 3 aromatic rings. The van der Waals surface area contributed by atoms with Crippen molar-refractivity contribution >= 4 is 40.4 Å². The summed E-state index contributed by atoms with van der Waals surface area (Å²) in [6.45, 7) is 7.55. The Bertz CT molecular complexity index is 1150. The first-order valence-electron chi connectivity index (χ1n) is 11.3. The first-order valence-corrected chi connectivity index (χ1v) is 11.3. The number of anilines is 2. The number of nitrogens with zero attached hydrogens (tertiary/aromatic N) is 4. The molecule has 0 aliphatic carbocycles. The summed E-state index contributed by atoms with van der Waals surface area (Å²) in [4.78, 5) is 28.1. The number of benzene rings is 1. The number of carbonyl (C=O) groups excluding carboxylic acids is 1. The molecule has 1 amide bonds. The molecule has 1 aromatic carbocycles. The minimum absolute atomic E-state index is 0.230. The smallest absolute Gasteiger partial charge is 0.258 e. The quantitative estimate of drug-likeness (QED) is 0.504. The van der Waals surface area contributed by atoms with E-state index in [0.717, 1.165) is 48.3 Å². The molecule has 4 rings (SSSR count). The summed E-state index contributed by atoms with van der Waals surface area (Å²) in [5.41, 5.74) is 8.87. The summed E-state index contributed by atoms with van der Waals surface area (Å²) in [7, 11) is 0. The van der Waals surface area contributed by atoms with Gasteiger partial charge >= 0.3 is 0 Å². The predicted molar refractivity (Wildman–Crippen MR) is 135 cm³/mol. The van der Waals surface area contributed by atoms with E-state index in [2.05, 4.69) is 25.2 Å². The SMILES string of the molecule is C/C=C(\C=N)c1ccc2cnc(NC(=O)c3ccnc(N4CCC(N)CC4)c3)nc2c1.CC. The molecule has 4 N–H and O–H groups in total. The number of hydrogen-bond acceptors (Lipinski definition) is 7. The molecule has 1 aliphatic heterocycles. The fourth-order valence-electron chi connectivity index (χ4n) is 3.63. The Hall–Kier alpha value is -3.65. The van der Waals surface area contributed by atoms with E-state index in [1.165, 1.54) is 6.21 Å². The fourth-order valence-corrected chi connectivity index (χ4v) is 3.63. The van der Waals surface area contributed by atoms with Crippen LogP contribution in [0, 0.1) is 5.41 Å². The van der Waals surface area contributed by atoms with Crippen molar-refractivity contribution in [1.29, 1.82) is 5.41 Å². The second-order valence-corrected chi connectivity index (χ2v) is 7.54. The first-order chi connectivity index (χ1) is 16.1. The highest BCUT2D eigenvalue weighted by Crippen LogP contribution is 2.21. The van der Waals surface area contributed by atoms with Crippen molar-refractivity contribution < 1.29 is 4.79 Å². The number of fused-ring (bicyclic) bond motifs is 1. The Labute approximate surface area is 194 Å². The molecule has 8 heteroatoms. The van der Waals surface area contributed by atoms with Crippen LogP contribution >= 0.6 is 0 Å². The largest absolute Gasteiger partial charge is 0.356 e. The lowest BCUT2D eigenvalue weighted by Gasteiger charge is -2.31. The van der Waals surface area contributed by atoms with Crippen LogP contribution in [0.2, 0.25) is 0 Å². The van der Waals surface area contributed by atoms with E-state index < -0.39 is 0 Å². The Morgan fingerprint density at radius 2 is 1.91 bits per heavy atom. The Balaban J connectivity index is 0.00000149. The maximum atomic E-state index is 12.8. The van der Waals surface area contributed by atoms with Crippen molar-refractivity contribution in [2.45, 2.75) is 39.7 Å². The summed E-state index contributed by atoms with van der Waals surface area (Å²) in [5, 5.41) is 11.2. The maximum Gasteiger partial charge on any atom is 0.258 e. The number of piperidine rings is 1. The van der Waals surface area contributed by atoms with Gasteiger partial charge in [0.2, 0.25) is 5.95 Å². The summed E-state index contributed by atoms with van der Waals surface area (Å²) in [5.74, 6) is 0.712. The van der Waals surface area contributed by atoms with Gasteiger partial charge in [0.1, 0.15) is 5.82 Å². The number of carbonyl (C=O) groups is 1. The van der Waals surface area contributed by atoms with Gasteiger partial charge in [-0.1, -0.05) is 32.1 Å². The van der Waals surface area contributed by atoms with Gasteiger partial charge in [0.25, 0.3) is 5.91 Å². The van der Waals surface area contributed by atoms with Crippen molar-refractivity contribution in [2.24, 2.45) is 5.73 Å². The van der Waals surface area contributed by atoms with Gasteiger partial charge in [0.05, 0.1) is 5.52 Å². The molecule has 0 radical (unpaired) electrons. The molecule has 0 bridgehead atoms. The van der Waals surface area contributed by atoms with E-state index in [-0.39, 0.29) is 17.9 Å². The highest BCUT2D eigenvalue weighted by Gasteiger charge is 2.18. The van der Waals surface area contributed by atoms with Crippen molar-refractivity contribution in [3.8, 4) is 0 Å². The minimum Gasteiger partial charge on any atom is -0.356 e. The van der Waals surface area contributed by atoms with Crippen LogP contribution in [0.25, 0.3) is 16.5 Å². The van der Waals surface area contributed by atoms with Gasteiger partial charge in [-0.05, 0) is 49.1 Å². The predicted octanol–water partition coefficient (Wildman–Crippen LogP) is 4.28. The van der Waals surface area contributed by atoms with Crippen molar-refractivity contribution in [1.82, 2.24) is 15.0 Å². The Morgan fingerprint density at radius 1 is 1.15 bits per heavy atom. The number of hydrogen-bond donors (Lipinski definition) is 3. The van der Waals surface area contributed by atoms with E-state index >= 15 is 0 Å². The molecule has 3 heterocycles. The molecule has 0 spiro atoms. The third kappa shape index (κ3) is 5.78. The third-order valence-corrected chi connectivity index (χ3v) is 5.48. The van der Waals surface area contributed by atoms with E-state index in [0.29, 0.717) is 11.1 Å². The summed E-state index contributed by atoms with van der Waals surface area (Å²) in [6.07, 6.45) is 8.33. The van der Waals surface area contributed by atoms with Crippen LogP contribution in [0.4, 0.5) is 11.8 Å². The Morgan fingerprint density at radius 3 is 2.61 bits per heavy atom. The topological polar surface area (TPSA) is 121 Å². The second-order valence-electron chi connectivity index (χ2n) is 7.54. The van der Waals surface area contributed by atoms with Gasteiger partial charge in [0.15, 0.2) is 0 Å². The lowest BCUT2D eigenvalue weighted by atomic mass is 10.1. The number of amides is 1. The zero-order chi connectivity index (χ0) is 23.8. The molecule has 1 fully saturated rings. The monoisotopic (exact) mass is 445 g/mol. The molecule has 0 atom stereocenters. The molecular weight excluding hydrogens is 414 g/mol. The van der Waals surface area contributed by atoms with E-state index in [9.17, 15) is 4.79 Å². The van der Waals surface area contributed by atoms with E-state index in [1.807, 2.05) is 45.0 Å². The number of rotatable bonds is 5. The molecule has 33 heavy (non-hydrogen) atoms. The third-order valence-electron chi connectivity index (χ3n) is 5.48. The summed E-state index contributed by atoms with van der Waals surface area (Å²) in [6, 6.07) is 9.41. The lowest BCUT2D eigenvalue weighted by molar-refractivity contribution is 0.102. The second kappa shape index (κ2) is 11.3. The van der Waals surface area contributed by atoms with Crippen LogP contribution in [-0.2, 0) is 0 Å². The normalized spacial score (nSPS) is 14.4. The molecule has 0 unspecified atom stereocenters. The molecule has 1 saturated heterocycles. The van der Waals surface area contributed by atoms with E-state index in [4.69, 9.17) is 11.1 Å². The summed E-state index contributed by atoms with van der Waals surface area (Å²) >= 11 is 0. The van der Waals surface area contributed by atoms with Gasteiger partial charge in [-0.15, -0.1) is 0 Å². The van der Waals surface area contributed by atoms with Crippen LogP contribution in [0.15, 0.2) is 48.8 Å². The molecule has 8 nitrogen and oxygen atoms in total. The molecule has 172 valence electrons. The lowest BCUT2D eigenvalue weighted by Crippen LogP contribution is -2.40. The molecular formula is C25H31N7O. The minimum atomic E-state index is -0.290. The van der Waals surface area contributed by atoms with E-state index in [1.54, 1.807) is 24.5 Å². The fraction of sp³-hybridized carbons (Fsp3) is 0.320. The van der Waals surface area contributed by atoms with Crippen LogP contribution in [0.5, 0.6) is 0 Å². The van der Waals surface area contributed by atoms with Crippen LogP contribution in [0.1, 0.15) is 49.5 Å². The van der Waals surface area contributed by atoms with Crippen LogP contribution in [0.3, 0.4) is 0 Å². The molecule has 1 aliphatic rings. The van der Waals surface area contributed by atoms with Crippen molar-refractivity contribution in [3.63, 3.8) is 0 Å². The number of allylic oxidation sites excluding steroid dienone is 2. The van der Waals surface area contributed by atoms with Gasteiger partial charge in [-0.25, -0.2) is 15.0 Å². The number of pyridine rings is 1. The van der Waals surface area contributed by atoms with Gasteiger partial charge in [-0.3, -0.25) is 10.1 Å². The number of nitrogens with two attached hydrogens (primary N) is 1. The molecule has 0 saturated carbocycles. The maximum absolute atomic E-state index is 12.8. The summed E-state index contributed by atoms with van der Waals surface area (Å²) < 4.78 is 0. The number of nitrogens with one attached hydrogen (secondary N) is 2. The van der Waals surface area contributed by atoms with Crippen LogP contribution < -0.4 is 16.0 Å². The average molecular weight is 446 g/mol. The zero-order valence-corrected chi connectivity index (χ0v) is 19.4. The van der Waals surface area contributed by atoms with Gasteiger partial charge in [0, 0.05) is 48.7 Å². The number of aromatic nitrogens is 3. The zero-order valence-electron chi connectivity index (χ0n) is 19.4. The first kappa shape index (κ1) is 24.0.